The van der Waals surface area contributed by atoms with Crippen molar-refractivity contribution < 1.29 is 14.3 Å². The quantitative estimate of drug-likeness (QED) is 0.829. The van der Waals surface area contributed by atoms with Crippen molar-refractivity contribution in [3.05, 3.63) is 48.0 Å². The molecule has 0 saturated heterocycles. The highest BCUT2D eigenvalue weighted by molar-refractivity contribution is 5.91. The summed E-state index contributed by atoms with van der Waals surface area (Å²) in [6.45, 7) is 1.88. The van der Waals surface area contributed by atoms with E-state index in [0.717, 1.165) is 11.3 Å². The molecule has 0 bridgehead atoms. The maximum Gasteiger partial charge on any atom is 0.262 e. The maximum absolute atomic E-state index is 11.8. The van der Waals surface area contributed by atoms with Gasteiger partial charge in [0, 0.05) is 11.8 Å². The molecule has 0 aliphatic heterocycles. The second kappa shape index (κ2) is 6.65. The van der Waals surface area contributed by atoms with Crippen LogP contribution in [0.15, 0.2) is 42.5 Å². The summed E-state index contributed by atoms with van der Waals surface area (Å²) in [7, 11) is 1.56. The number of carbonyl (C=O) groups is 1. The highest BCUT2D eigenvalue weighted by Crippen LogP contribution is 2.26. The second-order valence-electron chi connectivity index (χ2n) is 4.61. The van der Waals surface area contributed by atoms with Crippen molar-refractivity contribution in [2.45, 2.75) is 6.92 Å². The van der Waals surface area contributed by atoms with Gasteiger partial charge in [-0.15, -0.1) is 0 Å². The zero-order chi connectivity index (χ0) is 15.2. The van der Waals surface area contributed by atoms with Crippen LogP contribution in [-0.4, -0.2) is 19.6 Å². The molecule has 0 aliphatic carbocycles. The van der Waals surface area contributed by atoms with E-state index in [4.69, 9.17) is 15.2 Å². The van der Waals surface area contributed by atoms with E-state index in [1.165, 1.54) is 0 Å². The molecular formula is C16H18N2O3. The Morgan fingerprint density at radius 2 is 1.90 bits per heavy atom. The molecule has 110 valence electrons. The molecule has 21 heavy (non-hydrogen) atoms. The van der Waals surface area contributed by atoms with E-state index in [1.807, 2.05) is 31.2 Å². The molecule has 2 rings (SSSR count). The standard InChI is InChI=1S/C16H18N2O3/c1-11-3-5-12(6-4-11)18-16(19)10-21-15-8-7-13(20-2)9-14(15)17/h3-9H,10,17H2,1-2H3,(H,18,19). The van der Waals surface area contributed by atoms with E-state index in [1.54, 1.807) is 25.3 Å². The number of carbonyl (C=O) groups excluding carboxylic acids is 1. The third-order valence-electron chi connectivity index (χ3n) is 2.91. The number of hydrogen-bond donors (Lipinski definition) is 2. The molecular weight excluding hydrogens is 268 g/mol. The fraction of sp³-hybridized carbons (Fsp3) is 0.188. The number of nitrogen functional groups attached to an aromatic ring is 1. The lowest BCUT2D eigenvalue weighted by Gasteiger charge is -2.10. The summed E-state index contributed by atoms with van der Waals surface area (Å²) >= 11 is 0. The Kier molecular flexibility index (Phi) is 4.66. The highest BCUT2D eigenvalue weighted by atomic mass is 16.5. The smallest absolute Gasteiger partial charge is 0.262 e. The molecule has 1 amide bonds. The maximum atomic E-state index is 11.8. The van der Waals surface area contributed by atoms with Crippen LogP contribution in [0, 0.1) is 6.92 Å². The van der Waals surface area contributed by atoms with Crippen molar-refractivity contribution in [3.63, 3.8) is 0 Å². The predicted octanol–water partition coefficient (Wildman–Crippen LogP) is 2.60. The Labute approximate surface area is 123 Å². The summed E-state index contributed by atoms with van der Waals surface area (Å²) in [5.74, 6) is 0.855. The van der Waals surface area contributed by atoms with E-state index >= 15 is 0 Å². The van der Waals surface area contributed by atoms with Gasteiger partial charge in [0.25, 0.3) is 5.91 Å². The normalized spacial score (nSPS) is 10.0. The zero-order valence-electron chi connectivity index (χ0n) is 12.1. The molecule has 0 heterocycles. The number of anilines is 2. The minimum Gasteiger partial charge on any atom is -0.497 e. The molecule has 0 fully saturated rings. The molecule has 0 saturated carbocycles. The van der Waals surface area contributed by atoms with Gasteiger partial charge in [-0.2, -0.15) is 0 Å². The summed E-state index contributed by atoms with van der Waals surface area (Å²) in [4.78, 5) is 11.8. The fourth-order valence-corrected chi connectivity index (χ4v) is 1.76. The average molecular weight is 286 g/mol. The highest BCUT2D eigenvalue weighted by Gasteiger charge is 2.07. The molecule has 0 aromatic heterocycles. The summed E-state index contributed by atoms with van der Waals surface area (Å²) in [5.41, 5.74) is 8.11. The average Bonchev–Trinajstić information content (AvgIpc) is 2.48. The molecule has 0 atom stereocenters. The van der Waals surface area contributed by atoms with E-state index in [0.29, 0.717) is 17.2 Å². The van der Waals surface area contributed by atoms with E-state index < -0.39 is 0 Å². The summed E-state index contributed by atoms with van der Waals surface area (Å²) in [5, 5.41) is 2.75. The number of methoxy groups -OCH3 is 1. The molecule has 5 nitrogen and oxygen atoms in total. The van der Waals surface area contributed by atoms with Crippen LogP contribution < -0.4 is 20.5 Å². The van der Waals surface area contributed by atoms with Crippen LogP contribution in [0.2, 0.25) is 0 Å². The van der Waals surface area contributed by atoms with Gasteiger partial charge in [0.1, 0.15) is 11.5 Å². The van der Waals surface area contributed by atoms with Crippen molar-refractivity contribution in [1.29, 1.82) is 0 Å². The van der Waals surface area contributed by atoms with Gasteiger partial charge in [-0.25, -0.2) is 0 Å². The van der Waals surface area contributed by atoms with Crippen LogP contribution in [0.25, 0.3) is 0 Å². The third-order valence-corrected chi connectivity index (χ3v) is 2.91. The Bertz CT molecular complexity index is 624. The number of amides is 1. The number of rotatable bonds is 5. The first-order valence-electron chi connectivity index (χ1n) is 6.51. The second-order valence-corrected chi connectivity index (χ2v) is 4.61. The molecule has 0 spiro atoms. The van der Waals surface area contributed by atoms with Crippen molar-refractivity contribution in [2.75, 3.05) is 24.8 Å². The van der Waals surface area contributed by atoms with E-state index in [-0.39, 0.29) is 12.5 Å². The number of ether oxygens (including phenoxy) is 2. The molecule has 0 aliphatic rings. The van der Waals surface area contributed by atoms with Crippen molar-refractivity contribution in [2.24, 2.45) is 0 Å². The molecule has 2 aromatic carbocycles. The largest absolute Gasteiger partial charge is 0.497 e. The van der Waals surface area contributed by atoms with Gasteiger partial charge in [-0.05, 0) is 31.2 Å². The van der Waals surface area contributed by atoms with Gasteiger partial charge in [-0.1, -0.05) is 17.7 Å². The summed E-state index contributed by atoms with van der Waals surface area (Å²) < 4.78 is 10.5. The zero-order valence-corrected chi connectivity index (χ0v) is 12.1. The number of benzene rings is 2. The van der Waals surface area contributed by atoms with E-state index in [2.05, 4.69) is 5.32 Å². The molecule has 2 aromatic rings. The summed E-state index contributed by atoms with van der Waals surface area (Å²) in [6, 6.07) is 12.6. The molecule has 0 radical (unpaired) electrons. The predicted molar refractivity (Wildman–Crippen MR) is 82.7 cm³/mol. The SMILES string of the molecule is COc1ccc(OCC(=O)Nc2ccc(C)cc2)c(N)c1. The van der Waals surface area contributed by atoms with Crippen molar-refractivity contribution in [1.82, 2.24) is 0 Å². The van der Waals surface area contributed by atoms with Gasteiger partial charge in [0.2, 0.25) is 0 Å². The minimum absolute atomic E-state index is 0.107. The number of nitrogens with two attached hydrogens (primary N) is 1. The van der Waals surface area contributed by atoms with Gasteiger partial charge in [0.15, 0.2) is 6.61 Å². The molecule has 3 N–H and O–H groups in total. The monoisotopic (exact) mass is 286 g/mol. The number of aryl methyl sites for hydroxylation is 1. The van der Waals surface area contributed by atoms with Gasteiger partial charge >= 0.3 is 0 Å². The Balaban J connectivity index is 1.90. The van der Waals surface area contributed by atoms with Crippen molar-refractivity contribution >= 4 is 17.3 Å². The molecule has 0 unspecified atom stereocenters. The first-order chi connectivity index (χ1) is 10.1. The molecule has 5 heteroatoms. The van der Waals surface area contributed by atoms with Crippen LogP contribution in [0.3, 0.4) is 0 Å². The van der Waals surface area contributed by atoms with Crippen LogP contribution in [0.5, 0.6) is 11.5 Å². The minimum atomic E-state index is -0.242. The van der Waals surface area contributed by atoms with Crippen LogP contribution in [0.4, 0.5) is 11.4 Å². The first-order valence-corrected chi connectivity index (χ1v) is 6.51. The fourth-order valence-electron chi connectivity index (χ4n) is 1.76. The Morgan fingerprint density at radius 1 is 1.19 bits per heavy atom. The number of hydrogen-bond acceptors (Lipinski definition) is 4. The van der Waals surface area contributed by atoms with Crippen LogP contribution in [-0.2, 0) is 4.79 Å². The van der Waals surface area contributed by atoms with Crippen LogP contribution >= 0.6 is 0 Å². The first kappa shape index (κ1) is 14.7. The lowest BCUT2D eigenvalue weighted by molar-refractivity contribution is -0.118. The topological polar surface area (TPSA) is 73.6 Å². The Morgan fingerprint density at radius 3 is 2.52 bits per heavy atom. The van der Waals surface area contributed by atoms with E-state index in [9.17, 15) is 4.79 Å². The van der Waals surface area contributed by atoms with Crippen molar-refractivity contribution in [3.8, 4) is 11.5 Å². The number of nitrogens with one attached hydrogen (secondary N) is 1. The summed E-state index contributed by atoms with van der Waals surface area (Å²) in [6.07, 6.45) is 0. The Hall–Kier alpha value is -2.69. The van der Waals surface area contributed by atoms with Crippen LogP contribution in [0.1, 0.15) is 5.56 Å². The lowest BCUT2D eigenvalue weighted by atomic mass is 10.2. The van der Waals surface area contributed by atoms with Gasteiger partial charge < -0.3 is 20.5 Å². The van der Waals surface area contributed by atoms with Gasteiger partial charge in [-0.3, -0.25) is 4.79 Å². The van der Waals surface area contributed by atoms with Gasteiger partial charge in [0.05, 0.1) is 12.8 Å². The third kappa shape index (κ3) is 4.14. The lowest BCUT2D eigenvalue weighted by Crippen LogP contribution is -2.20.